The maximum absolute atomic E-state index is 9.89. The monoisotopic (exact) mass is 413 g/mol. The highest BCUT2D eigenvalue weighted by Gasteiger charge is 2.48. The summed E-state index contributed by atoms with van der Waals surface area (Å²) in [5.74, 6) is 1.25. The summed E-state index contributed by atoms with van der Waals surface area (Å²) in [5, 5.41) is 14.5. The standard InChI is InChI=1S/C19H21Cl2NO5/c20-11-2-1-3-12(21)15(11)16-10(17(27-22-16)9-4-5-9)6-24-14-8-26-18-13(23)7-25-19(14)18/h1-2,9,12-14,18-19,23H,3-8H2/t12?,13-,14-,18+,19+/m0/s1. The number of aliphatic hydroxyl groups is 1. The summed E-state index contributed by atoms with van der Waals surface area (Å²) in [7, 11) is 0. The first kappa shape index (κ1) is 18.2. The summed E-state index contributed by atoms with van der Waals surface area (Å²) < 4.78 is 23.1. The van der Waals surface area contributed by atoms with Gasteiger partial charge in [0, 0.05) is 22.1 Å². The number of allylic oxidation sites excluding steroid dienone is 4. The van der Waals surface area contributed by atoms with Crippen LogP contribution in [0.1, 0.15) is 42.2 Å². The second kappa shape index (κ2) is 7.17. The molecule has 0 bridgehead atoms. The summed E-state index contributed by atoms with van der Waals surface area (Å²) in [6.45, 7) is 1.00. The number of aromatic nitrogens is 1. The zero-order valence-corrected chi connectivity index (χ0v) is 16.2. The number of fused-ring (bicyclic) bond motifs is 1. The minimum atomic E-state index is -0.591. The van der Waals surface area contributed by atoms with E-state index in [9.17, 15) is 5.11 Å². The summed E-state index contributed by atoms with van der Waals surface area (Å²) in [5.41, 5.74) is 2.39. The average Bonchev–Trinajstić information content (AvgIpc) is 3.12. The lowest BCUT2D eigenvalue weighted by atomic mass is 9.97. The van der Waals surface area contributed by atoms with E-state index >= 15 is 0 Å². The molecule has 1 aromatic rings. The second-order valence-electron chi connectivity index (χ2n) is 7.53. The van der Waals surface area contributed by atoms with Crippen LogP contribution in [0.4, 0.5) is 0 Å². The summed E-state index contributed by atoms with van der Waals surface area (Å²) in [6, 6.07) is 0. The van der Waals surface area contributed by atoms with E-state index in [1.165, 1.54) is 0 Å². The van der Waals surface area contributed by atoms with Crippen LogP contribution in [0.5, 0.6) is 0 Å². The van der Waals surface area contributed by atoms with Crippen molar-refractivity contribution in [2.75, 3.05) is 13.2 Å². The van der Waals surface area contributed by atoms with E-state index in [1.54, 1.807) is 0 Å². The van der Waals surface area contributed by atoms with Crippen molar-refractivity contribution in [3.05, 3.63) is 34.2 Å². The van der Waals surface area contributed by atoms with Crippen molar-refractivity contribution >= 4 is 28.8 Å². The molecule has 6 nitrogen and oxygen atoms in total. The van der Waals surface area contributed by atoms with Gasteiger partial charge in [-0.1, -0.05) is 22.8 Å². The van der Waals surface area contributed by atoms with Gasteiger partial charge in [0.1, 0.15) is 35.9 Å². The predicted octanol–water partition coefficient (Wildman–Crippen LogP) is 3.11. The van der Waals surface area contributed by atoms with Crippen molar-refractivity contribution in [3.63, 3.8) is 0 Å². The van der Waals surface area contributed by atoms with Gasteiger partial charge in [-0.25, -0.2) is 0 Å². The quantitative estimate of drug-likeness (QED) is 0.747. The van der Waals surface area contributed by atoms with Gasteiger partial charge >= 0.3 is 0 Å². The molecule has 0 radical (unpaired) electrons. The number of halogens is 2. The number of alkyl halides is 1. The van der Waals surface area contributed by atoms with Crippen molar-refractivity contribution in [1.29, 1.82) is 0 Å². The van der Waals surface area contributed by atoms with Crippen LogP contribution in [-0.2, 0) is 20.8 Å². The zero-order chi connectivity index (χ0) is 18.5. The Bertz CT molecular complexity index is 787. The fraction of sp³-hybridized carbons (Fsp3) is 0.632. The van der Waals surface area contributed by atoms with Crippen LogP contribution >= 0.6 is 23.2 Å². The fourth-order valence-corrected chi connectivity index (χ4v) is 4.72. The molecule has 3 fully saturated rings. The highest BCUT2D eigenvalue weighted by atomic mass is 35.5. The third kappa shape index (κ3) is 3.26. The molecule has 2 aliphatic carbocycles. The normalized spacial score (nSPS) is 35.9. The lowest BCUT2D eigenvalue weighted by molar-refractivity contribution is -0.0443. The Morgan fingerprint density at radius 2 is 2.04 bits per heavy atom. The Kier molecular flexibility index (Phi) is 4.82. The van der Waals surface area contributed by atoms with Crippen molar-refractivity contribution in [3.8, 4) is 0 Å². The molecule has 8 heteroatoms. The number of nitrogens with zero attached hydrogens (tertiary/aromatic N) is 1. The first-order chi connectivity index (χ1) is 13.1. The third-order valence-corrected chi connectivity index (χ3v) is 6.35. The molecule has 0 aromatic carbocycles. The number of hydrogen-bond acceptors (Lipinski definition) is 6. The molecule has 1 saturated carbocycles. The molecule has 3 heterocycles. The molecule has 1 unspecified atom stereocenters. The Labute approximate surface area is 167 Å². The molecule has 0 spiro atoms. The summed E-state index contributed by atoms with van der Waals surface area (Å²) >= 11 is 12.9. The fourth-order valence-electron chi connectivity index (χ4n) is 4.03. The SMILES string of the molecule is O[C@H]1CO[C@H]2[C@@H]1OC[C@@H]2OCc1c(C2=C(Cl)C=CCC2Cl)noc1C1CC1. The van der Waals surface area contributed by atoms with Crippen molar-refractivity contribution < 1.29 is 23.8 Å². The number of aliphatic hydroxyl groups excluding tert-OH is 1. The van der Waals surface area contributed by atoms with E-state index in [1.807, 2.05) is 12.2 Å². The molecule has 2 aliphatic heterocycles. The molecule has 4 aliphatic rings. The topological polar surface area (TPSA) is 74.0 Å². The molecule has 0 amide bonds. The van der Waals surface area contributed by atoms with Crippen LogP contribution in [0.3, 0.4) is 0 Å². The molecule has 5 rings (SSSR count). The first-order valence-corrected chi connectivity index (χ1v) is 10.2. The Hall–Kier alpha value is -0.890. The molecule has 2 saturated heterocycles. The van der Waals surface area contributed by atoms with Crippen molar-refractivity contribution in [1.82, 2.24) is 5.16 Å². The summed E-state index contributed by atoms with van der Waals surface area (Å²) in [4.78, 5) is 0. The predicted molar refractivity (Wildman–Crippen MR) is 98.7 cm³/mol. The van der Waals surface area contributed by atoms with E-state index in [0.717, 1.165) is 29.7 Å². The number of hydrogen-bond donors (Lipinski definition) is 1. The minimum Gasteiger partial charge on any atom is -0.388 e. The lowest BCUT2D eigenvalue weighted by Gasteiger charge is -2.19. The minimum absolute atomic E-state index is 0.232. The van der Waals surface area contributed by atoms with Gasteiger partial charge in [0.2, 0.25) is 0 Å². The average molecular weight is 414 g/mol. The third-order valence-electron chi connectivity index (χ3n) is 5.62. The Morgan fingerprint density at radius 3 is 2.81 bits per heavy atom. The van der Waals surface area contributed by atoms with E-state index in [2.05, 4.69) is 5.16 Å². The lowest BCUT2D eigenvalue weighted by Crippen LogP contribution is -2.32. The van der Waals surface area contributed by atoms with Crippen LogP contribution in [0.2, 0.25) is 0 Å². The molecule has 5 atom stereocenters. The van der Waals surface area contributed by atoms with Gasteiger partial charge in [0.15, 0.2) is 0 Å². The number of ether oxygens (including phenoxy) is 3. The molecule has 146 valence electrons. The van der Waals surface area contributed by atoms with Crippen LogP contribution in [0, 0.1) is 0 Å². The Morgan fingerprint density at radius 1 is 1.22 bits per heavy atom. The highest BCUT2D eigenvalue weighted by Crippen LogP contribution is 2.45. The summed E-state index contributed by atoms with van der Waals surface area (Å²) in [6.07, 6.45) is 5.31. The van der Waals surface area contributed by atoms with E-state index in [-0.39, 0.29) is 30.3 Å². The van der Waals surface area contributed by atoms with Crippen LogP contribution < -0.4 is 0 Å². The van der Waals surface area contributed by atoms with Crippen LogP contribution in [0.15, 0.2) is 21.7 Å². The van der Waals surface area contributed by atoms with Crippen molar-refractivity contribution in [2.24, 2.45) is 0 Å². The maximum Gasteiger partial charge on any atom is 0.145 e. The second-order valence-corrected chi connectivity index (χ2v) is 8.46. The molecule has 27 heavy (non-hydrogen) atoms. The van der Waals surface area contributed by atoms with Gasteiger partial charge in [-0.3, -0.25) is 0 Å². The largest absolute Gasteiger partial charge is 0.388 e. The van der Waals surface area contributed by atoms with Gasteiger partial charge in [-0.15, -0.1) is 11.6 Å². The van der Waals surface area contributed by atoms with Gasteiger partial charge in [-0.05, 0) is 25.3 Å². The highest BCUT2D eigenvalue weighted by molar-refractivity contribution is 6.38. The van der Waals surface area contributed by atoms with Crippen molar-refractivity contribution in [2.45, 2.75) is 61.6 Å². The van der Waals surface area contributed by atoms with Gasteiger partial charge in [0.05, 0.1) is 25.2 Å². The van der Waals surface area contributed by atoms with Crippen LogP contribution in [0.25, 0.3) is 5.57 Å². The molecule has 1 N–H and O–H groups in total. The van der Waals surface area contributed by atoms with E-state index < -0.39 is 6.10 Å². The number of rotatable bonds is 5. The van der Waals surface area contributed by atoms with Gasteiger partial charge in [0.25, 0.3) is 0 Å². The van der Waals surface area contributed by atoms with E-state index in [4.69, 9.17) is 41.9 Å². The van der Waals surface area contributed by atoms with Gasteiger partial charge < -0.3 is 23.8 Å². The smallest absolute Gasteiger partial charge is 0.145 e. The maximum atomic E-state index is 9.89. The van der Waals surface area contributed by atoms with Gasteiger partial charge in [-0.2, -0.15) is 0 Å². The zero-order valence-electron chi connectivity index (χ0n) is 14.6. The molecular weight excluding hydrogens is 393 g/mol. The molecule has 1 aromatic heterocycles. The van der Waals surface area contributed by atoms with Crippen LogP contribution in [-0.4, -0.2) is 53.3 Å². The van der Waals surface area contributed by atoms with E-state index in [0.29, 0.717) is 36.3 Å². The Balaban J connectivity index is 1.40. The molecular formula is C19H21Cl2NO5. The first-order valence-electron chi connectivity index (χ1n) is 9.35.